The summed E-state index contributed by atoms with van der Waals surface area (Å²) in [5.74, 6) is 0.488. The number of carbonyl (C=O) groups is 2. The molecule has 0 atom stereocenters. The molecule has 0 spiro atoms. The smallest absolute Gasteiger partial charge is 0.330 e. The molecule has 0 aliphatic carbocycles. The lowest BCUT2D eigenvalue weighted by Gasteiger charge is -2.07. The third kappa shape index (κ3) is 5.90. The lowest BCUT2D eigenvalue weighted by molar-refractivity contribution is -0.137. The van der Waals surface area contributed by atoms with Crippen molar-refractivity contribution in [1.82, 2.24) is 19.9 Å². The van der Waals surface area contributed by atoms with Crippen LogP contribution in [0, 0.1) is 0 Å². The maximum absolute atomic E-state index is 12.0. The van der Waals surface area contributed by atoms with Gasteiger partial charge >= 0.3 is 12.0 Å². The van der Waals surface area contributed by atoms with Gasteiger partial charge in [-0.05, 0) is 49.2 Å². The number of hydrogen-bond acceptors (Lipinski definition) is 5. The summed E-state index contributed by atoms with van der Waals surface area (Å²) in [6.45, 7) is 2.62. The van der Waals surface area contributed by atoms with Gasteiger partial charge in [0.1, 0.15) is 5.82 Å². The van der Waals surface area contributed by atoms with Gasteiger partial charge in [0.25, 0.3) is 0 Å². The predicted molar refractivity (Wildman–Crippen MR) is 110 cm³/mol. The molecule has 0 radical (unpaired) electrons. The van der Waals surface area contributed by atoms with E-state index in [1.54, 1.807) is 25.1 Å². The second-order valence-corrected chi connectivity index (χ2v) is 6.24. The molecule has 0 unspecified atom stereocenters. The van der Waals surface area contributed by atoms with Crippen LogP contribution in [0.3, 0.4) is 0 Å². The van der Waals surface area contributed by atoms with Crippen molar-refractivity contribution >= 4 is 29.4 Å². The summed E-state index contributed by atoms with van der Waals surface area (Å²) >= 11 is 0. The van der Waals surface area contributed by atoms with Gasteiger partial charge in [-0.25, -0.2) is 9.59 Å². The maximum atomic E-state index is 12.0. The van der Waals surface area contributed by atoms with Crippen LogP contribution in [-0.2, 0) is 16.0 Å². The summed E-state index contributed by atoms with van der Waals surface area (Å²) < 4.78 is 6.77. The number of anilines is 1. The SMILES string of the molecule is CCOC(=O)/C=C/c1ccc(NC(=O)NCCCc2nnc3ccccn23)cc1. The van der Waals surface area contributed by atoms with Crippen LogP contribution in [0.2, 0.25) is 0 Å². The Bertz CT molecular complexity index is 995. The number of carbonyl (C=O) groups excluding carboxylic acids is 2. The molecule has 0 fully saturated rings. The van der Waals surface area contributed by atoms with Crippen LogP contribution in [0.4, 0.5) is 10.5 Å². The maximum Gasteiger partial charge on any atom is 0.330 e. The summed E-state index contributed by atoms with van der Waals surface area (Å²) in [6, 6.07) is 12.6. The molecule has 0 saturated heterocycles. The van der Waals surface area contributed by atoms with E-state index in [0.717, 1.165) is 23.5 Å². The fourth-order valence-electron chi connectivity index (χ4n) is 2.72. The number of pyridine rings is 1. The molecule has 8 nitrogen and oxygen atoms in total. The molecule has 2 amide bonds. The van der Waals surface area contributed by atoms with Crippen molar-refractivity contribution in [3.8, 4) is 0 Å². The van der Waals surface area contributed by atoms with E-state index in [2.05, 4.69) is 20.8 Å². The molecule has 8 heteroatoms. The van der Waals surface area contributed by atoms with Crippen molar-refractivity contribution in [2.75, 3.05) is 18.5 Å². The minimum atomic E-state index is -0.381. The van der Waals surface area contributed by atoms with Crippen molar-refractivity contribution in [3.63, 3.8) is 0 Å². The first-order chi connectivity index (χ1) is 14.2. The number of nitrogens with one attached hydrogen (secondary N) is 2. The van der Waals surface area contributed by atoms with E-state index in [9.17, 15) is 9.59 Å². The molecule has 29 heavy (non-hydrogen) atoms. The van der Waals surface area contributed by atoms with Gasteiger partial charge in [-0.1, -0.05) is 18.2 Å². The number of amides is 2. The van der Waals surface area contributed by atoms with Crippen LogP contribution in [0.25, 0.3) is 11.7 Å². The van der Waals surface area contributed by atoms with Crippen LogP contribution >= 0.6 is 0 Å². The molecule has 2 heterocycles. The van der Waals surface area contributed by atoms with Gasteiger partial charge in [-0.3, -0.25) is 4.40 Å². The predicted octanol–water partition coefficient (Wildman–Crippen LogP) is 3.06. The number of urea groups is 1. The molecular formula is C21H23N5O3. The highest BCUT2D eigenvalue weighted by Gasteiger charge is 2.05. The summed E-state index contributed by atoms with van der Waals surface area (Å²) in [6.07, 6.45) is 6.43. The first-order valence-corrected chi connectivity index (χ1v) is 9.44. The molecule has 3 rings (SSSR count). The van der Waals surface area contributed by atoms with E-state index >= 15 is 0 Å². The Hall–Kier alpha value is -3.68. The Morgan fingerprint density at radius 3 is 2.76 bits per heavy atom. The molecule has 0 saturated carbocycles. The molecule has 150 valence electrons. The minimum Gasteiger partial charge on any atom is -0.463 e. The molecule has 3 aromatic rings. The van der Waals surface area contributed by atoms with Gasteiger partial charge < -0.3 is 15.4 Å². The Balaban J connectivity index is 1.40. The van der Waals surface area contributed by atoms with E-state index in [4.69, 9.17) is 4.74 Å². The van der Waals surface area contributed by atoms with E-state index < -0.39 is 0 Å². The highest BCUT2D eigenvalue weighted by molar-refractivity contribution is 5.90. The third-order valence-corrected chi connectivity index (χ3v) is 4.11. The average Bonchev–Trinajstić information content (AvgIpc) is 3.14. The van der Waals surface area contributed by atoms with E-state index in [1.165, 1.54) is 6.08 Å². The molecule has 0 aliphatic rings. The van der Waals surface area contributed by atoms with Crippen molar-refractivity contribution in [1.29, 1.82) is 0 Å². The fraction of sp³-hybridized carbons (Fsp3) is 0.238. The first-order valence-electron chi connectivity index (χ1n) is 9.44. The van der Waals surface area contributed by atoms with Crippen LogP contribution < -0.4 is 10.6 Å². The normalized spacial score (nSPS) is 10.9. The summed E-state index contributed by atoms with van der Waals surface area (Å²) in [5, 5.41) is 13.9. The van der Waals surface area contributed by atoms with Gasteiger partial charge in [-0.2, -0.15) is 0 Å². The van der Waals surface area contributed by atoms with Crippen molar-refractivity contribution in [2.45, 2.75) is 19.8 Å². The molecule has 2 N–H and O–H groups in total. The minimum absolute atomic E-state index is 0.272. The number of rotatable bonds is 8. The Labute approximate surface area is 168 Å². The number of esters is 1. The number of fused-ring (bicyclic) bond motifs is 1. The zero-order valence-corrected chi connectivity index (χ0v) is 16.2. The number of aryl methyl sites for hydroxylation is 1. The zero-order valence-electron chi connectivity index (χ0n) is 16.2. The lowest BCUT2D eigenvalue weighted by atomic mass is 10.2. The number of benzene rings is 1. The monoisotopic (exact) mass is 393 g/mol. The van der Waals surface area contributed by atoms with Crippen molar-refractivity contribution < 1.29 is 14.3 Å². The molecular weight excluding hydrogens is 370 g/mol. The second kappa shape index (κ2) is 10.0. The van der Waals surface area contributed by atoms with Crippen LogP contribution in [0.1, 0.15) is 24.7 Å². The van der Waals surface area contributed by atoms with Gasteiger partial charge in [-0.15, -0.1) is 10.2 Å². The largest absolute Gasteiger partial charge is 0.463 e. The van der Waals surface area contributed by atoms with Gasteiger partial charge in [0, 0.05) is 30.9 Å². The standard InChI is InChI=1S/C21H23N5O3/c1-2-29-20(27)13-10-16-8-11-17(12-9-16)23-21(28)22-14-5-7-19-25-24-18-6-3-4-15-26(18)19/h3-4,6,8-13,15H,2,5,7,14H2,1H3,(H2,22,23,28)/b13-10+. The fourth-order valence-corrected chi connectivity index (χ4v) is 2.72. The van der Waals surface area contributed by atoms with Crippen LogP contribution in [-0.4, -0.2) is 39.8 Å². The highest BCUT2D eigenvalue weighted by Crippen LogP contribution is 2.11. The number of aromatic nitrogens is 3. The highest BCUT2D eigenvalue weighted by atomic mass is 16.5. The first kappa shape index (κ1) is 20.1. The quantitative estimate of drug-likeness (QED) is 0.348. The van der Waals surface area contributed by atoms with Gasteiger partial charge in [0.05, 0.1) is 6.61 Å². The molecule has 2 aromatic heterocycles. The van der Waals surface area contributed by atoms with Gasteiger partial charge in [0.2, 0.25) is 0 Å². The molecule has 0 bridgehead atoms. The summed E-state index contributed by atoms with van der Waals surface area (Å²) in [4.78, 5) is 23.3. The number of nitrogens with zero attached hydrogens (tertiary/aromatic N) is 3. The van der Waals surface area contributed by atoms with Gasteiger partial charge in [0.15, 0.2) is 5.65 Å². The Morgan fingerprint density at radius 1 is 1.14 bits per heavy atom. The lowest BCUT2D eigenvalue weighted by Crippen LogP contribution is -2.29. The second-order valence-electron chi connectivity index (χ2n) is 6.24. The summed E-state index contributed by atoms with van der Waals surface area (Å²) in [7, 11) is 0. The number of hydrogen-bond donors (Lipinski definition) is 2. The van der Waals surface area contributed by atoms with E-state index in [0.29, 0.717) is 25.3 Å². The third-order valence-electron chi connectivity index (χ3n) is 4.11. The molecule has 1 aromatic carbocycles. The zero-order chi connectivity index (χ0) is 20.5. The van der Waals surface area contributed by atoms with Crippen molar-refractivity contribution in [2.24, 2.45) is 0 Å². The number of ether oxygens (including phenoxy) is 1. The summed E-state index contributed by atoms with van der Waals surface area (Å²) in [5.41, 5.74) is 2.32. The van der Waals surface area contributed by atoms with E-state index in [1.807, 2.05) is 40.9 Å². The Kier molecular flexibility index (Phi) is 6.94. The molecule has 0 aliphatic heterocycles. The Morgan fingerprint density at radius 2 is 1.97 bits per heavy atom. The topological polar surface area (TPSA) is 97.6 Å². The van der Waals surface area contributed by atoms with Crippen LogP contribution in [0.5, 0.6) is 0 Å². The van der Waals surface area contributed by atoms with Crippen molar-refractivity contribution in [3.05, 3.63) is 66.1 Å². The average molecular weight is 393 g/mol. The van der Waals surface area contributed by atoms with Crippen LogP contribution in [0.15, 0.2) is 54.7 Å². The van der Waals surface area contributed by atoms with E-state index in [-0.39, 0.29) is 12.0 Å².